The van der Waals surface area contributed by atoms with Crippen molar-refractivity contribution in [3.05, 3.63) is 77.2 Å². The van der Waals surface area contributed by atoms with Gasteiger partial charge in [0.1, 0.15) is 5.75 Å². The van der Waals surface area contributed by atoms with Crippen molar-refractivity contribution in [2.24, 2.45) is 7.05 Å². The zero-order valence-electron chi connectivity index (χ0n) is 21.4. The highest BCUT2D eigenvalue weighted by Crippen LogP contribution is 2.40. The molecule has 0 amide bonds. The fourth-order valence-electron chi connectivity index (χ4n) is 5.89. The molecule has 2 aliphatic rings. The van der Waals surface area contributed by atoms with E-state index in [1.807, 2.05) is 6.07 Å². The number of benzene rings is 2. The van der Waals surface area contributed by atoms with Gasteiger partial charge in [0, 0.05) is 25.2 Å². The molecule has 2 atom stereocenters. The smallest absolute Gasteiger partial charge is 0.197 e. The standard InChI is InChI=1S/C29H37N3O3S/c1-22-7-5-8-23(17-22)18-27-26-19-25(11-9-24(26)10-12-28(27)32-13-3-4-14-32)35-15-6-16-36(33,34)29-20-31(2)21-30-29/h5,7-9,11,17,19-21,27-28H,3-4,6,10,12-16,18H2,1-2H3. The number of hydrogen-bond donors (Lipinski definition) is 0. The highest BCUT2D eigenvalue weighted by Gasteiger charge is 2.35. The molecule has 1 saturated heterocycles. The van der Waals surface area contributed by atoms with E-state index in [4.69, 9.17) is 4.74 Å². The van der Waals surface area contributed by atoms with Gasteiger partial charge >= 0.3 is 0 Å². The second-order valence-electron chi connectivity index (χ2n) is 10.4. The molecule has 0 radical (unpaired) electrons. The van der Waals surface area contributed by atoms with Crippen LogP contribution in [0.3, 0.4) is 0 Å². The van der Waals surface area contributed by atoms with Crippen molar-refractivity contribution in [1.82, 2.24) is 14.5 Å². The van der Waals surface area contributed by atoms with Crippen LogP contribution in [0.25, 0.3) is 0 Å². The van der Waals surface area contributed by atoms with Crippen molar-refractivity contribution in [2.75, 3.05) is 25.4 Å². The molecule has 7 heteroatoms. The van der Waals surface area contributed by atoms with Crippen molar-refractivity contribution >= 4 is 9.84 Å². The zero-order valence-corrected chi connectivity index (χ0v) is 22.2. The third-order valence-electron chi connectivity index (χ3n) is 7.66. The molecule has 5 rings (SSSR count). The first-order valence-corrected chi connectivity index (χ1v) is 14.8. The number of rotatable bonds is 9. The third kappa shape index (κ3) is 5.68. The number of aromatic nitrogens is 2. The van der Waals surface area contributed by atoms with E-state index in [2.05, 4.69) is 53.2 Å². The molecule has 36 heavy (non-hydrogen) atoms. The van der Waals surface area contributed by atoms with Crippen molar-refractivity contribution in [3.8, 4) is 5.75 Å². The molecule has 192 valence electrons. The first-order chi connectivity index (χ1) is 17.4. The molecule has 2 unspecified atom stereocenters. The lowest BCUT2D eigenvalue weighted by Crippen LogP contribution is -2.41. The Hall–Kier alpha value is -2.64. The second kappa shape index (κ2) is 10.8. The molecule has 3 aromatic rings. The first kappa shape index (κ1) is 25.0. The zero-order chi connectivity index (χ0) is 25.1. The Morgan fingerprint density at radius 2 is 1.94 bits per heavy atom. The van der Waals surface area contributed by atoms with Gasteiger partial charge in [0.15, 0.2) is 14.9 Å². The minimum absolute atomic E-state index is 0.0297. The molecular weight excluding hydrogens is 470 g/mol. The number of nitrogens with zero attached hydrogens (tertiary/aromatic N) is 3. The predicted molar refractivity (Wildman–Crippen MR) is 142 cm³/mol. The second-order valence-corrected chi connectivity index (χ2v) is 12.5. The molecular formula is C29H37N3O3S. The average molecular weight is 508 g/mol. The van der Waals surface area contributed by atoms with Crippen LogP contribution in [-0.4, -0.2) is 54.4 Å². The number of hydrogen-bond acceptors (Lipinski definition) is 5. The summed E-state index contributed by atoms with van der Waals surface area (Å²) in [5, 5.41) is 0.130. The molecule has 1 aliphatic carbocycles. The van der Waals surface area contributed by atoms with E-state index >= 15 is 0 Å². The largest absolute Gasteiger partial charge is 0.494 e. The van der Waals surface area contributed by atoms with Gasteiger partial charge in [0.2, 0.25) is 0 Å². The molecule has 6 nitrogen and oxygen atoms in total. The van der Waals surface area contributed by atoms with E-state index < -0.39 is 9.84 Å². The van der Waals surface area contributed by atoms with E-state index in [-0.39, 0.29) is 10.8 Å². The molecule has 1 aromatic heterocycles. The van der Waals surface area contributed by atoms with Gasteiger partial charge in [0.25, 0.3) is 0 Å². The van der Waals surface area contributed by atoms with Crippen LogP contribution >= 0.6 is 0 Å². The summed E-state index contributed by atoms with van der Waals surface area (Å²) >= 11 is 0. The van der Waals surface area contributed by atoms with E-state index in [1.54, 1.807) is 17.8 Å². The summed E-state index contributed by atoms with van der Waals surface area (Å²) in [5.74, 6) is 1.30. The van der Waals surface area contributed by atoms with Gasteiger partial charge in [-0.25, -0.2) is 13.4 Å². The fourth-order valence-corrected chi connectivity index (χ4v) is 7.13. The van der Waals surface area contributed by atoms with Crippen LogP contribution in [0.2, 0.25) is 0 Å². The number of imidazole rings is 1. The van der Waals surface area contributed by atoms with E-state index in [9.17, 15) is 8.42 Å². The van der Waals surface area contributed by atoms with Crippen LogP contribution in [0.15, 0.2) is 60.0 Å². The molecule has 1 fully saturated rings. The number of fused-ring (bicyclic) bond motifs is 1. The van der Waals surface area contributed by atoms with Gasteiger partial charge in [0.05, 0.1) is 18.7 Å². The fraction of sp³-hybridized carbons (Fsp3) is 0.483. The minimum atomic E-state index is -3.39. The summed E-state index contributed by atoms with van der Waals surface area (Å²) < 4.78 is 32.8. The number of likely N-dealkylation sites (tertiary alicyclic amines) is 1. The Kier molecular flexibility index (Phi) is 7.49. The highest BCUT2D eigenvalue weighted by atomic mass is 32.2. The summed E-state index contributed by atoms with van der Waals surface area (Å²) in [6, 6.07) is 16.0. The summed E-state index contributed by atoms with van der Waals surface area (Å²) in [4.78, 5) is 6.70. The van der Waals surface area contributed by atoms with Gasteiger partial charge < -0.3 is 9.30 Å². The van der Waals surface area contributed by atoms with Gasteiger partial charge in [-0.1, -0.05) is 35.9 Å². The summed E-state index contributed by atoms with van der Waals surface area (Å²) in [6.07, 6.45) is 9.42. The molecule has 1 aliphatic heterocycles. The van der Waals surface area contributed by atoms with Gasteiger partial charge in [-0.2, -0.15) is 0 Å². The van der Waals surface area contributed by atoms with Crippen molar-refractivity contribution < 1.29 is 13.2 Å². The molecule has 0 N–H and O–H groups in total. The Balaban J connectivity index is 1.30. The molecule has 0 saturated carbocycles. The lowest BCUT2D eigenvalue weighted by molar-refractivity contribution is 0.188. The number of ether oxygens (including phenoxy) is 1. The van der Waals surface area contributed by atoms with E-state index in [0.29, 0.717) is 25.0 Å². The van der Waals surface area contributed by atoms with E-state index in [0.717, 1.165) is 18.6 Å². The lowest BCUT2D eigenvalue weighted by Gasteiger charge is -2.39. The Morgan fingerprint density at radius 3 is 2.69 bits per heavy atom. The number of sulfone groups is 1. The maximum atomic E-state index is 12.5. The summed E-state index contributed by atoms with van der Waals surface area (Å²) in [5.41, 5.74) is 5.52. The van der Waals surface area contributed by atoms with Crippen LogP contribution < -0.4 is 4.74 Å². The predicted octanol–water partition coefficient (Wildman–Crippen LogP) is 4.71. The third-order valence-corrected chi connectivity index (χ3v) is 9.34. The van der Waals surface area contributed by atoms with Crippen molar-refractivity contribution in [3.63, 3.8) is 0 Å². The molecule has 0 bridgehead atoms. The highest BCUT2D eigenvalue weighted by molar-refractivity contribution is 7.91. The average Bonchev–Trinajstić information content (AvgIpc) is 3.55. The minimum Gasteiger partial charge on any atom is -0.494 e. The van der Waals surface area contributed by atoms with E-state index in [1.165, 1.54) is 60.9 Å². The maximum absolute atomic E-state index is 12.5. The Bertz CT molecular complexity index is 1290. The molecule has 2 heterocycles. The van der Waals surface area contributed by atoms with Gasteiger partial charge in [-0.3, -0.25) is 4.90 Å². The molecule has 0 spiro atoms. The SMILES string of the molecule is Cc1cccc(CC2c3cc(OCCCS(=O)(=O)c4cn(C)cn4)ccc3CCC2N2CCCC2)c1. The molecule has 2 aromatic carbocycles. The van der Waals surface area contributed by atoms with Crippen LogP contribution in [0.5, 0.6) is 5.75 Å². The van der Waals surface area contributed by atoms with Crippen LogP contribution in [0, 0.1) is 6.92 Å². The quantitative estimate of drug-likeness (QED) is 0.393. The Morgan fingerprint density at radius 1 is 1.11 bits per heavy atom. The van der Waals surface area contributed by atoms with Gasteiger partial charge in [-0.05, 0) is 87.4 Å². The van der Waals surface area contributed by atoms with Crippen LogP contribution in [0.1, 0.15) is 53.9 Å². The Labute approximate surface area is 215 Å². The topological polar surface area (TPSA) is 64.4 Å². The number of aryl methyl sites for hydroxylation is 3. The van der Waals surface area contributed by atoms with Crippen LogP contribution in [0.4, 0.5) is 0 Å². The first-order valence-electron chi connectivity index (χ1n) is 13.1. The van der Waals surface area contributed by atoms with Crippen molar-refractivity contribution in [1.29, 1.82) is 0 Å². The maximum Gasteiger partial charge on any atom is 0.197 e. The normalized spacial score (nSPS) is 20.4. The summed E-state index contributed by atoms with van der Waals surface area (Å²) in [7, 11) is -1.62. The van der Waals surface area contributed by atoms with Crippen LogP contribution in [-0.2, 0) is 29.7 Å². The monoisotopic (exact) mass is 507 g/mol. The van der Waals surface area contributed by atoms with Gasteiger partial charge in [-0.15, -0.1) is 0 Å². The summed E-state index contributed by atoms with van der Waals surface area (Å²) in [6.45, 7) is 4.93. The van der Waals surface area contributed by atoms with Crippen molar-refractivity contribution in [2.45, 2.75) is 62.4 Å². The lowest BCUT2D eigenvalue weighted by atomic mass is 9.75.